The second-order valence-corrected chi connectivity index (χ2v) is 6.27. The topological polar surface area (TPSA) is 107 Å². The minimum atomic E-state index is -0.850. The van der Waals surface area contributed by atoms with E-state index in [9.17, 15) is 24.1 Å². The molecule has 0 aliphatic rings. The molecule has 0 saturated carbocycles. The molecule has 0 atom stereocenters. The number of nitro benzene ring substituents is 1. The molecule has 2 aromatic carbocycles. The number of hydrogen-bond acceptors (Lipinski definition) is 5. The molecule has 11 heteroatoms. The smallest absolute Gasteiger partial charge is 0.271 e. The quantitative estimate of drug-likeness (QED) is 0.523. The number of carbonyl (C=O) groups excluding carboxylic acids is 1. The van der Waals surface area contributed by atoms with E-state index in [1.165, 1.54) is 12.1 Å². The van der Waals surface area contributed by atoms with E-state index in [4.69, 9.17) is 23.2 Å². The van der Waals surface area contributed by atoms with Gasteiger partial charge in [0.15, 0.2) is 0 Å². The number of nitro groups is 1. The number of hydrogen-bond donors (Lipinski definition) is 1. The first kappa shape index (κ1) is 18.7. The van der Waals surface area contributed by atoms with E-state index in [0.29, 0.717) is 0 Å². The normalized spacial score (nSPS) is 10.8. The van der Waals surface area contributed by atoms with E-state index in [0.717, 1.165) is 29.1 Å². The molecule has 138 valence electrons. The molecule has 8 nitrogen and oxygen atoms in total. The Hall–Kier alpha value is -3.04. The molecule has 1 heterocycles. The van der Waals surface area contributed by atoms with Gasteiger partial charge in [0.05, 0.1) is 32.9 Å². The molecule has 0 aliphatic carbocycles. The molecule has 0 saturated heterocycles. The third-order valence-corrected chi connectivity index (χ3v) is 4.10. The fraction of sp³-hybridized carbons (Fsp3) is 0.0625. The van der Waals surface area contributed by atoms with Gasteiger partial charge in [-0.2, -0.15) is 0 Å². The van der Waals surface area contributed by atoms with Crippen LogP contribution >= 0.6 is 23.2 Å². The second kappa shape index (κ2) is 7.29. The Morgan fingerprint density at radius 3 is 2.74 bits per heavy atom. The highest BCUT2D eigenvalue weighted by atomic mass is 35.5. The van der Waals surface area contributed by atoms with Gasteiger partial charge in [0.2, 0.25) is 5.91 Å². The maximum absolute atomic E-state index is 13.8. The van der Waals surface area contributed by atoms with Crippen molar-refractivity contribution in [2.24, 2.45) is 0 Å². The average molecular weight is 411 g/mol. The van der Waals surface area contributed by atoms with E-state index in [2.05, 4.69) is 10.3 Å². The highest BCUT2D eigenvalue weighted by Gasteiger charge is 2.15. The third-order valence-electron chi connectivity index (χ3n) is 3.59. The Bertz CT molecular complexity index is 1150. The number of anilines is 1. The van der Waals surface area contributed by atoms with Gasteiger partial charge in [-0.25, -0.2) is 9.37 Å². The maximum atomic E-state index is 13.8. The van der Waals surface area contributed by atoms with Crippen LogP contribution < -0.4 is 10.9 Å². The lowest BCUT2D eigenvalue weighted by molar-refractivity contribution is -0.384. The zero-order valence-corrected chi connectivity index (χ0v) is 14.8. The fourth-order valence-electron chi connectivity index (χ4n) is 2.37. The Morgan fingerprint density at radius 1 is 1.30 bits per heavy atom. The molecule has 3 rings (SSSR count). The van der Waals surface area contributed by atoms with Gasteiger partial charge in [-0.3, -0.25) is 24.3 Å². The first-order chi connectivity index (χ1) is 12.8. The largest absolute Gasteiger partial charge is 0.322 e. The molecule has 0 fully saturated rings. The molecule has 1 aromatic heterocycles. The molecule has 0 aliphatic heterocycles. The van der Waals surface area contributed by atoms with Crippen molar-refractivity contribution in [2.45, 2.75) is 6.54 Å². The van der Waals surface area contributed by atoms with Crippen LogP contribution in [0.25, 0.3) is 10.9 Å². The van der Waals surface area contributed by atoms with Gasteiger partial charge in [0.25, 0.3) is 11.2 Å². The second-order valence-electron chi connectivity index (χ2n) is 5.43. The Kier molecular flexibility index (Phi) is 5.06. The SMILES string of the molecule is O=C(Cn1cnc2c(Cl)cc(Cl)cc2c1=O)Nc1cc([N+](=O)[O-])ccc1F. The van der Waals surface area contributed by atoms with E-state index >= 15 is 0 Å². The first-order valence-corrected chi connectivity index (χ1v) is 8.10. The van der Waals surface area contributed by atoms with E-state index in [1.807, 2.05) is 0 Å². The summed E-state index contributed by atoms with van der Waals surface area (Å²) in [7, 11) is 0. The van der Waals surface area contributed by atoms with Gasteiger partial charge in [0, 0.05) is 17.2 Å². The molecule has 0 bridgehead atoms. The number of halogens is 3. The number of non-ortho nitro benzene ring substituents is 1. The summed E-state index contributed by atoms with van der Waals surface area (Å²) in [4.78, 5) is 38.7. The van der Waals surface area contributed by atoms with E-state index < -0.39 is 28.8 Å². The van der Waals surface area contributed by atoms with Crippen LogP contribution in [-0.2, 0) is 11.3 Å². The van der Waals surface area contributed by atoms with Gasteiger partial charge in [-0.1, -0.05) is 23.2 Å². The third kappa shape index (κ3) is 3.88. The number of nitrogens with zero attached hydrogens (tertiary/aromatic N) is 3. The first-order valence-electron chi connectivity index (χ1n) is 7.34. The summed E-state index contributed by atoms with van der Waals surface area (Å²) in [5.74, 6) is -1.62. The standard InChI is InChI=1S/C16H9Cl2FN4O4/c17-8-3-10-15(11(18)4-8)20-7-22(16(10)25)6-14(24)21-13-5-9(23(26)27)1-2-12(13)19/h1-5,7H,6H2,(H,21,24). The van der Waals surface area contributed by atoms with Crippen LogP contribution in [0.15, 0.2) is 41.5 Å². The summed E-state index contributed by atoms with van der Waals surface area (Å²) < 4.78 is 14.7. The monoisotopic (exact) mass is 410 g/mol. The van der Waals surface area contributed by atoms with Crippen molar-refractivity contribution < 1.29 is 14.1 Å². The van der Waals surface area contributed by atoms with Gasteiger partial charge in [0.1, 0.15) is 12.4 Å². The maximum Gasteiger partial charge on any atom is 0.271 e. The predicted octanol–water partition coefficient (Wildman–Crippen LogP) is 3.39. The molecule has 3 aromatic rings. The lowest BCUT2D eigenvalue weighted by Gasteiger charge is -2.09. The van der Waals surface area contributed by atoms with Crippen molar-refractivity contribution in [1.29, 1.82) is 0 Å². The van der Waals surface area contributed by atoms with Gasteiger partial charge in [-0.05, 0) is 18.2 Å². The molecular weight excluding hydrogens is 402 g/mol. The molecule has 0 spiro atoms. The van der Waals surface area contributed by atoms with E-state index in [-0.39, 0.29) is 32.3 Å². The summed E-state index contributed by atoms with van der Waals surface area (Å²) in [6.07, 6.45) is 1.12. The summed E-state index contributed by atoms with van der Waals surface area (Å²) >= 11 is 11.9. The van der Waals surface area contributed by atoms with Crippen LogP contribution in [0, 0.1) is 15.9 Å². The van der Waals surface area contributed by atoms with E-state index in [1.54, 1.807) is 0 Å². The van der Waals surface area contributed by atoms with Crippen LogP contribution in [0.2, 0.25) is 10.0 Å². The average Bonchev–Trinajstić information content (AvgIpc) is 2.59. The Labute approximate surface area is 160 Å². The number of fused-ring (bicyclic) bond motifs is 1. The number of carbonyl (C=O) groups is 1. The summed E-state index contributed by atoms with van der Waals surface area (Å²) in [6.45, 7) is -0.492. The zero-order valence-electron chi connectivity index (χ0n) is 13.3. The number of nitrogens with one attached hydrogen (secondary N) is 1. The van der Waals surface area contributed by atoms with Crippen molar-refractivity contribution >= 4 is 51.4 Å². The number of benzene rings is 2. The lowest BCUT2D eigenvalue weighted by Crippen LogP contribution is -2.28. The summed E-state index contributed by atoms with van der Waals surface area (Å²) in [5.41, 5.74) is -1.10. The van der Waals surface area contributed by atoms with Crippen molar-refractivity contribution in [2.75, 3.05) is 5.32 Å². The van der Waals surface area contributed by atoms with Crippen LogP contribution in [0.5, 0.6) is 0 Å². The van der Waals surface area contributed by atoms with Gasteiger partial charge < -0.3 is 5.32 Å². The van der Waals surface area contributed by atoms with Crippen molar-refractivity contribution in [3.63, 3.8) is 0 Å². The molecule has 1 N–H and O–H groups in total. The van der Waals surface area contributed by atoms with Gasteiger partial charge >= 0.3 is 0 Å². The molecule has 0 unspecified atom stereocenters. The molecule has 1 amide bonds. The van der Waals surface area contributed by atoms with Crippen molar-refractivity contribution in [1.82, 2.24) is 9.55 Å². The molecule has 27 heavy (non-hydrogen) atoms. The molecular formula is C16H9Cl2FN4O4. The van der Waals surface area contributed by atoms with Crippen LogP contribution in [-0.4, -0.2) is 20.4 Å². The molecule has 0 radical (unpaired) electrons. The summed E-state index contributed by atoms with van der Waals surface area (Å²) in [6, 6.07) is 5.51. The van der Waals surface area contributed by atoms with Crippen LogP contribution in [0.1, 0.15) is 0 Å². The number of rotatable bonds is 4. The minimum Gasteiger partial charge on any atom is -0.322 e. The predicted molar refractivity (Wildman–Crippen MR) is 97.7 cm³/mol. The van der Waals surface area contributed by atoms with Crippen molar-refractivity contribution in [3.05, 3.63) is 73.0 Å². The lowest BCUT2D eigenvalue weighted by atomic mass is 10.2. The Morgan fingerprint density at radius 2 is 2.04 bits per heavy atom. The Balaban J connectivity index is 1.89. The van der Waals surface area contributed by atoms with Gasteiger partial charge in [-0.15, -0.1) is 0 Å². The fourth-order valence-corrected chi connectivity index (χ4v) is 2.92. The highest BCUT2D eigenvalue weighted by Crippen LogP contribution is 2.24. The minimum absolute atomic E-state index is 0.115. The number of aromatic nitrogens is 2. The van der Waals surface area contributed by atoms with Crippen molar-refractivity contribution in [3.8, 4) is 0 Å². The summed E-state index contributed by atoms with van der Waals surface area (Å²) in [5, 5.41) is 13.5. The number of amides is 1. The van der Waals surface area contributed by atoms with Crippen LogP contribution in [0.4, 0.5) is 15.8 Å². The highest BCUT2D eigenvalue weighted by molar-refractivity contribution is 6.38. The van der Waals surface area contributed by atoms with Crippen LogP contribution in [0.3, 0.4) is 0 Å². The zero-order chi connectivity index (χ0) is 19.7.